The summed E-state index contributed by atoms with van der Waals surface area (Å²) >= 11 is 0. The molecule has 0 radical (unpaired) electrons. The first-order valence-corrected chi connectivity index (χ1v) is 6.67. The molecule has 0 saturated carbocycles. The van der Waals surface area contributed by atoms with E-state index in [1.807, 2.05) is 6.92 Å². The van der Waals surface area contributed by atoms with E-state index < -0.39 is 0 Å². The molecule has 100 valence electrons. The van der Waals surface area contributed by atoms with Crippen LogP contribution in [0, 0.1) is 0 Å². The van der Waals surface area contributed by atoms with Crippen LogP contribution in [0.15, 0.2) is 0 Å². The Morgan fingerprint density at radius 3 is 2.76 bits per heavy atom. The molecule has 1 heterocycles. The number of hydrogen-bond donors (Lipinski definition) is 2. The van der Waals surface area contributed by atoms with E-state index in [-0.39, 0.29) is 23.5 Å². The average molecular weight is 241 g/mol. The predicted octanol–water partition coefficient (Wildman–Crippen LogP) is 1.10. The van der Waals surface area contributed by atoms with Gasteiger partial charge in [0.05, 0.1) is 6.04 Å². The molecule has 1 aliphatic heterocycles. The maximum Gasteiger partial charge on any atom is 0.237 e. The van der Waals surface area contributed by atoms with Gasteiger partial charge in [0.25, 0.3) is 0 Å². The van der Waals surface area contributed by atoms with Crippen LogP contribution in [0.1, 0.15) is 47.0 Å². The number of carbonyl (C=O) groups excluding carboxylic acids is 1. The van der Waals surface area contributed by atoms with Crippen molar-refractivity contribution in [2.24, 2.45) is 5.73 Å². The van der Waals surface area contributed by atoms with Crippen molar-refractivity contribution in [3.8, 4) is 0 Å². The van der Waals surface area contributed by atoms with Crippen molar-refractivity contribution in [1.82, 2.24) is 10.2 Å². The minimum atomic E-state index is -0.122. The molecule has 1 aliphatic rings. The third-order valence-electron chi connectivity index (χ3n) is 3.76. The zero-order valence-corrected chi connectivity index (χ0v) is 11.6. The van der Waals surface area contributed by atoms with E-state index in [0.717, 1.165) is 32.4 Å². The van der Waals surface area contributed by atoms with E-state index in [1.54, 1.807) is 0 Å². The van der Waals surface area contributed by atoms with Gasteiger partial charge in [-0.1, -0.05) is 6.92 Å². The van der Waals surface area contributed by atoms with Crippen LogP contribution in [0.3, 0.4) is 0 Å². The fraction of sp³-hybridized carbons (Fsp3) is 0.923. The van der Waals surface area contributed by atoms with Crippen molar-refractivity contribution in [3.63, 3.8) is 0 Å². The summed E-state index contributed by atoms with van der Waals surface area (Å²) < 4.78 is 0. The lowest BCUT2D eigenvalue weighted by Crippen LogP contribution is -2.55. The fourth-order valence-corrected chi connectivity index (χ4v) is 2.08. The molecule has 1 rings (SSSR count). The second kappa shape index (κ2) is 5.83. The molecule has 1 saturated heterocycles. The van der Waals surface area contributed by atoms with Gasteiger partial charge in [0, 0.05) is 18.1 Å². The summed E-state index contributed by atoms with van der Waals surface area (Å²) in [7, 11) is 0. The summed E-state index contributed by atoms with van der Waals surface area (Å²) in [6.07, 6.45) is 3.10. The van der Waals surface area contributed by atoms with Crippen molar-refractivity contribution in [2.75, 3.05) is 13.1 Å². The summed E-state index contributed by atoms with van der Waals surface area (Å²) in [5, 5.41) is 3.10. The van der Waals surface area contributed by atoms with Crippen LogP contribution in [-0.4, -0.2) is 41.5 Å². The Hall–Kier alpha value is -0.610. The highest BCUT2D eigenvalue weighted by Gasteiger charge is 2.28. The number of rotatable bonds is 4. The van der Waals surface area contributed by atoms with E-state index in [2.05, 4.69) is 31.0 Å². The summed E-state index contributed by atoms with van der Waals surface area (Å²) in [4.78, 5) is 14.3. The third-order valence-corrected chi connectivity index (χ3v) is 3.76. The van der Waals surface area contributed by atoms with Gasteiger partial charge in [0.2, 0.25) is 5.91 Å². The quantitative estimate of drug-likeness (QED) is 0.775. The predicted molar refractivity (Wildman–Crippen MR) is 70.8 cm³/mol. The Kier molecular flexibility index (Phi) is 4.95. The second-order valence-electron chi connectivity index (χ2n) is 5.80. The highest BCUT2D eigenvalue weighted by atomic mass is 16.2. The number of likely N-dealkylation sites (tertiary alicyclic amines) is 1. The maximum atomic E-state index is 12.1. The van der Waals surface area contributed by atoms with E-state index >= 15 is 0 Å². The van der Waals surface area contributed by atoms with Gasteiger partial charge >= 0.3 is 0 Å². The van der Waals surface area contributed by atoms with Gasteiger partial charge < -0.3 is 11.1 Å². The van der Waals surface area contributed by atoms with Crippen LogP contribution < -0.4 is 11.1 Å². The molecule has 1 amide bonds. The lowest BCUT2D eigenvalue weighted by Gasteiger charge is -2.36. The van der Waals surface area contributed by atoms with Gasteiger partial charge in [0.1, 0.15) is 0 Å². The van der Waals surface area contributed by atoms with Crippen molar-refractivity contribution in [2.45, 2.75) is 64.6 Å². The minimum Gasteiger partial charge on any atom is -0.350 e. The van der Waals surface area contributed by atoms with Gasteiger partial charge in [-0.2, -0.15) is 0 Å². The molecular formula is C13H27N3O. The first-order chi connectivity index (χ1) is 7.85. The molecule has 0 aliphatic carbocycles. The number of carbonyl (C=O) groups is 1. The number of nitrogens with two attached hydrogens (primary N) is 1. The largest absolute Gasteiger partial charge is 0.350 e. The molecule has 0 bridgehead atoms. The van der Waals surface area contributed by atoms with Gasteiger partial charge in [-0.15, -0.1) is 0 Å². The van der Waals surface area contributed by atoms with Crippen LogP contribution in [-0.2, 0) is 4.79 Å². The highest BCUT2D eigenvalue weighted by molar-refractivity contribution is 5.82. The Balaban J connectivity index is 2.51. The van der Waals surface area contributed by atoms with E-state index in [1.165, 1.54) is 0 Å². The molecule has 4 heteroatoms. The molecule has 1 unspecified atom stereocenters. The second-order valence-corrected chi connectivity index (χ2v) is 5.80. The standard InChI is InChI=1S/C13H27N3O/c1-5-13(3,4)15-12(17)10(2)16-8-6-7-11(14)9-16/h10-11H,5-9,14H2,1-4H3,(H,15,17)/t10?,11-/m1/s1. The normalized spacial score (nSPS) is 24.4. The SMILES string of the molecule is CCC(C)(C)NC(=O)C(C)N1CCC[C@@H](N)C1. The first-order valence-electron chi connectivity index (χ1n) is 6.67. The zero-order valence-electron chi connectivity index (χ0n) is 11.6. The summed E-state index contributed by atoms with van der Waals surface area (Å²) in [5.74, 6) is 0.117. The van der Waals surface area contributed by atoms with Gasteiger partial charge in [-0.05, 0) is 46.6 Å². The summed E-state index contributed by atoms with van der Waals surface area (Å²) in [6, 6.07) is 0.144. The van der Waals surface area contributed by atoms with Gasteiger partial charge in [-0.3, -0.25) is 9.69 Å². The molecule has 1 fully saturated rings. The van der Waals surface area contributed by atoms with Crippen LogP contribution in [0.2, 0.25) is 0 Å². The number of nitrogens with one attached hydrogen (secondary N) is 1. The minimum absolute atomic E-state index is 0.0767. The first kappa shape index (κ1) is 14.5. The van der Waals surface area contributed by atoms with Crippen molar-refractivity contribution < 1.29 is 4.79 Å². The van der Waals surface area contributed by atoms with Crippen molar-refractivity contribution >= 4 is 5.91 Å². The Bertz CT molecular complexity index is 265. The van der Waals surface area contributed by atoms with Crippen molar-refractivity contribution in [3.05, 3.63) is 0 Å². The molecule has 17 heavy (non-hydrogen) atoms. The van der Waals surface area contributed by atoms with Crippen LogP contribution >= 0.6 is 0 Å². The third kappa shape index (κ3) is 4.28. The zero-order chi connectivity index (χ0) is 13.1. The van der Waals surface area contributed by atoms with Gasteiger partial charge in [0.15, 0.2) is 0 Å². The number of hydrogen-bond acceptors (Lipinski definition) is 3. The van der Waals surface area contributed by atoms with E-state index in [0.29, 0.717) is 0 Å². The number of nitrogens with zero attached hydrogens (tertiary/aromatic N) is 1. The van der Waals surface area contributed by atoms with E-state index in [9.17, 15) is 4.79 Å². The maximum absolute atomic E-state index is 12.1. The molecule has 0 aromatic carbocycles. The summed E-state index contributed by atoms with van der Waals surface area (Å²) in [6.45, 7) is 9.98. The molecule has 0 spiro atoms. The summed E-state index contributed by atoms with van der Waals surface area (Å²) in [5.41, 5.74) is 5.82. The Morgan fingerprint density at radius 2 is 2.24 bits per heavy atom. The Morgan fingerprint density at radius 1 is 1.59 bits per heavy atom. The number of amides is 1. The van der Waals surface area contributed by atoms with Gasteiger partial charge in [-0.25, -0.2) is 0 Å². The molecule has 3 N–H and O–H groups in total. The molecule has 4 nitrogen and oxygen atoms in total. The van der Waals surface area contributed by atoms with Crippen LogP contribution in [0.4, 0.5) is 0 Å². The van der Waals surface area contributed by atoms with E-state index in [4.69, 9.17) is 5.73 Å². The highest BCUT2D eigenvalue weighted by Crippen LogP contribution is 2.13. The lowest BCUT2D eigenvalue weighted by molar-refractivity contribution is -0.128. The smallest absolute Gasteiger partial charge is 0.237 e. The van der Waals surface area contributed by atoms with Crippen LogP contribution in [0.5, 0.6) is 0 Å². The molecule has 2 atom stereocenters. The Labute approximate surface area is 105 Å². The average Bonchev–Trinajstić information content (AvgIpc) is 2.27. The monoisotopic (exact) mass is 241 g/mol. The fourth-order valence-electron chi connectivity index (χ4n) is 2.08. The van der Waals surface area contributed by atoms with Crippen molar-refractivity contribution in [1.29, 1.82) is 0 Å². The lowest BCUT2D eigenvalue weighted by atomic mass is 10.0. The topological polar surface area (TPSA) is 58.4 Å². The number of piperidine rings is 1. The molecule has 0 aromatic heterocycles. The molecule has 0 aromatic rings. The van der Waals surface area contributed by atoms with Crippen LogP contribution in [0.25, 0.3) is 0 Å². The molecular weight excluding hydrogens is 214 g/mol.